The fraction of sp³-hybridized carbons (Fsp3) is 1.00. The molecule has 2 rings (SSSR count). The second kappa shape index (κ2) is 9.32. The maximum absolute atomic E-state index is 7.57. The van der Waals surface area contributed by atoms with Gasteiger partial charge in [0, 0.05) is 16.6 Å². The molecule has 0 aromatic carbocycles. The Morgan fingerprint density at radius 1 is 0.857 bits per heavy atom. The Hall–Kier alpha value is -0.160. The lowest BCUT2D eigenvalue weighted by Gasteiger charge is -2.60. The Bertz CT molecular complexity index is 451. The van der Waals surface area contributed by atoms with Crippen molar-refractivity contribution in [2.24, 2.45) is 29.4 Å². The molecule has 0 aliphatic carbocycles. The van der Waals surface area contributed by atoms with E-state index < -0.39 is 0 Å². The molecule has 2 heterocycles. The van der Waals surface area contributed by atoms with E-state index in [9.17, 15) is 0 Å². The maximum Gasteiger partial charge on any atom is 0.0218 e. The predicted octanol–water partition coefficient (Wildman–Crippen LogP) is 5.16. The van der Waals surface area contributed by atoms with Crippen molar-refractivity contribution in [2.45, 2.75) is 104 Å². The number of nitrogens with zero attached hydrogens (tertiary/aromatic N) is 2. The molecule has 0 spiro atoms. The third kappa shape index (κ3) is 4.45. The van der Waals surface area contributed by atoms with Crippen LogP contribution in [0.15, 0.2) is 0 Å². The van der Waals surface area contributed by atoms with Gasteiger partial charge >= 0.3 is 0 Å². The summed E-state index contributed by atoms with van der Waals surface area (Å²) in [6, 6.07) is 0. The van der Waals surface area contributed by atoms with Crippen molar-refractivity contribution in [3.05, 3.63) is 0 Å². The largest absolute Gasteiger partial charge is 0.344 e. The zero-order valence-corrected chi connectivity index (χ0v) is 20.6. The standard InChI is InChI=1S/C24H49N3.H3N/c1-10-11-12-15-24(25,20-13-16-26(8)22(4,5)18(20)2)21-14-17-27(9)23(6,7)19(21)3;/h18-21H,10-17,25H2,1-9H3;1H3. The average molecular weight is 397 g/mol. The topological polar surface area (TPSA) is 67.5 Å². The first-order valence-corrected chi connectivity index (χ1v) is 11.6. The molecule has 4 unspecified atom stereocenters. The molecule has 0 amide bonds. The lowest BCUT2D eigenvalue weighted by Crippen LogP contribution is -2.68. The quantitative estimate of drug-likeness (QED) is 0.609. The van der Waals surface area contributed by atoms with Gasteiger partial charge in [-0.2, -0.15) is 0 Å². The zero-order chi connectivity index (χ0) is 20.6. The first kappa shape index (κ1) is 25.9. The Kier molecular flexibility index (Phi) is 8.62. The van der Waals surface area contributed by atoms with Gasteiger partial charge in [-0.25, -0.2) is 0 Å². The molecule has 2 aliphatic rings. The third-order valence-corrected chi connectivity index (χ3v) is 9.55. The van der Waals surface area contributed by atoms with E-state index in [-0.39, 0.29) is 22.8 Å². The minimum absolute atomic E-state index is 0. The van der Waals surface area contributed by atoms with Gasteiger partial charge in [0.15, 0.2) is 0 Å². The van der Waals surface area contributed by atoms with Crippen molar-refractivity contribution < 1.29 is 0 Å². The number of nitrogens with two attached hydrogens (primary N) is 1. The van der Waals surface area contributed by atoms with Gasteiger partial charge in [0.2, 0.25) is 0 Å². The summed E-state index contributed by atoms with van der Waals surface area (Å²) in [4.78, 5) is 5.12. The first-order valence-electron chi connectivity index (χ1n) is 11.6. The Labute approximate surface area is 176 Å². The highest BCUT2D eigenvalue weighted by atomic mass is 15.2. The molecule has 2 saturated heterocycles. The van der Waals surface area contributed by atoms with Crippen LogP contribution in [-0.2, 0) is 0 Å². The Morgan fingerprint density at radius 2 is 1.25 bits per heavy atom. The van der Waals surface area contributed by atoms with Crippen molar-refractivity contribution in [1.29, 1.82) is 0 Å². The lowest BCUT2D eigenvalue weighted by molar-refractivity contribution is -0.0784. The number of likely N-dealkylation sites (tertiary alicyclic amines) is 2. The van der Waals surface area contributed by atoms with E-state index in [4.69, 9.17) is 5.73 Å². The summed E-state index contributed by atoms with van der Waals surface area (Å²) >= 11 is 0. The van der Waals surface area contributed by atoms with E-state index in [1.165, 1.54) is 51.6 Å². The second-order valence-corrected chi connectivity index (χ2v) is 11.1. The van der Waals surface area contributed by atoms with Crippen LogP contribution in [0, 0.1) is 23.7 Å². The van der Waals surface area contributed by atoms with Crippen molar-refractivity contribution in [2.75, 3.05) is 27.2 Å². The highest BCUT2D eigenvalue weighted by molar-refractivity contribution is 5.10. The van der Waals surface area contributed by atoms with Crippen LogP contribution >= 0.6 is 0 Å². The van der Waals surface area contributed by atoms with E-state index >= 15 is 0 Å². The van der Waals surface area contributed by atoms with Crippen molar-refractivity contribution in [3.8, 4) is 0 Å². The van der Waals surface area contributed by atoms with Gasteiger partial charge in [-0.05, 0) is 97.8 Å². The second-order valence-electron chi connectivity index (χ2n) is 11.1. The van der Waals surface area contributed by atoms with Gasteiger partial charge in [0.25, 0.3) is 0 Å². The summed E-state index contributed by atoms with van der Waals surface area (Å²) < 4.78 is 0. The van der Waals surface area contributed by atoms with Crippen LogP contribution in [0.4, 0.5) is 0 Å². The van der Waals surface area contributed by atoms with Crippen LogP contribution in [0.5, 0.6) is 0 Å². The number of unbranched alkanes of at least 4 members (excludes halogenated alkanes) is 2. The minimum atomic E-state index is -0.0366. The summed E-state index contributed by atoms with van der Waals surface area (Å²) in [7, 11) is 4.59. The molecule has 0 bridgehead atoms. The van der Waals surface area contributed by atoms with E-state index in [1.54, 1.807) is 0 Å². The molecule has 0 aromatic heterocycles. The van der Waals surface area contributed by atoms with Crippen LogP contribution < -0.4 is 11.9 Å². The average Bonchev–Trinajstić information content (AvgIpc) is 2.59. The van der Waals surface area contributed by atoms with Gasteiger partial charge < -0.3 is 21.7 Å². The van der Waals surface area contributed by atoms with E-state index in [1.807, 2.05) is 0 Å². The molecule has 0 aromatic rings. The number of hydrogen-bond acceptors (Lipinski definition) is 4. The van der Waals surface area contributed by atoms with Crippen LogP contribution in [0.25, 0.3) is 0 Å². The summed E-state index contributed by atoms with van der Waals surface area (Å²) in [6.45, 7) is 19.3. The van der Waals surface area contributed by atoms with Crippen molar-refractivity contribution in [3.63, 3.8) is 0 Å². The molecule has 0 radical (unpaired) electrons. The van der Waals surface area contributed by atoms with Crippen molar-refractivity contribution >= 4 is 0 Å². The van der Waals surface area contributed by atoms with Crippen LogP contribution in [0.3, 0.4) is 0 Å². The van der Waals surface area contributed by atoms with Crippen LogP contribution in [-0.4, -0.2) is 53.6 Å². The highest BCUT2D eigenvalue weighted by Crippen LogP contribution is 2.50. The highest BCUT2D eigenvalue weighted by Gasteiger charge is 2.54. The first-order chi connectivity index (χ1) is 12.4. The Morgan fingerprint density at radius 3 is 1.61 bits per heavy atom. The third-order valence-electron chi connectivity index (χ3n) is 9.55. The van der Waals surface area contributed by atoms with Crippen LogP contribution in [0.1, 0.15) is 87.0 Å². The molecule has 2 aliphatic heterocycles. The van der Waals surface area contributed by atoms with Gasteiger partial charge in [-0.3, -0.25) is 0 Å². The SMILES string of the molecule is CCCCCC(N)(C1CCN(C)C(C)(C)C1C)C1CCN(C)C(C)(C)C1C.N. The normalized spacial score (nSPS) is 35.8. The monoisotopic (exact) mass is 396 g/mol. The molecule has 2 fully saturated rings. The molecule has 168 valence electrons. The lowest BCUT2D eigenvalue weighted by atomic mass is 9.55. The summed E-state index contributed by atoms with van der Waals surface area (Å²) in [6.07, 6.45) is 7.58. The number of rotatable bonds is 6. The maximum atomic E-state index is 7.57. The fourth-order valence-corrected chi connectivity index (χ4v) is 6.22. The van der Waals surface area contributed by atoms with Crippen molar-refractivity contribution in [1.82, 2.24) is 16.0 Å². The Balaban J connectivity index is 0.00000392. The zero-order valence-electron chi connectivity index (χ0n) is 20.6. The summed E-state index contributed by atoms with van der Waals surface area (Å²) in [5.41, 5.74) is 7.98. The molecular weight excluding hydrogens is 344 g/mol. The molecule has 28 heavy (non-hydrogen) atoms. The van der Waals surface area contributed by atoms with Gasteiger partial charge in [0.1, 0.15) is 0 Å². The molecular formula is C24H52N4. The molecule has 0 saturated carbocycles. The minimum Gasteiger partial charge on any atom is -0.344 e. The summed E-state index contributed by atoms with van der Waals surface area (Å²) in [5.74, 6) is 2.48. The van der Waals surface area contributed by atoms with Gasteiger partial charge in [0.05, 0.1) is 0 Å². The van der Waals surface area contributed by atoms with E-state index in [2.05, 4.69) is 72.4 Å². The fourth-order valence-electron chi connectivity index (χ4n) is 6.22. The van der Waals surface area contributed by atoms with E-state index in [0.29, 0.717) is 23.7 Å². The predicted molar refractivity (Wildman–Crippen MR) is 124 cm³/mol. The van der Waals surface area contributed by atoms with Crippen LogP contribution in [0.2, 0.25) is 0 Å². The summed E-state index contributed by atoms with van der Waals surface area (Å²) in [5, 5.41) is 0. The number of hydrogen-bond donors (Lipinski definition) is 2. The molecule has 4 atom stereocenters. The molecule has 5 N–H and O–H groups in total. The van der Waals surface area contributed by atoms with Gasteiger partial charge in [-0.15, -0.1) is 0 Å². The van der Waals surface area contributed by atoms with E-state index in [0.717, 1.165) is 0 Å². The van der Waals surface area contributed by atoms with Gasteiger partial charge in [-0.1, -0.05) is 40.0 Å². The molecule has 4 heteroatoms. The number of piperidine rings is 2. The molecule has 4 nitrogen and oxygen atoms in total. The smallest absolute Gasteiger partial charge is 0.0218 e.